The lowest BCUT2D eigenvalue weighted by atomic mass is 10.5. The van der Waals surface area contributed by atoms with Crippen LogP contribution >= 0.6 is 0 Å². The fourth-order valence-corrected chi connectivity index (χ4v) is 0. The second-order valence-corrected chi connectivity index (χ2v) is 4.98. The van der Waals surface area contributed by atoms with Crippen LogP contribution in [0, 0.1) is 0 Å². The molecule has 0 heterocycles. The molecule has 0 bridgehead atoms. The summed E-state index contributed by atoms with van der Waals surface area (Å²) in [4.78, 5) is 7.41. The maximum atomic E-state index is 9.96. The van der Waals surface area contributed by atoms with Gasteiger partial charge in [0, 0.05) is 0 Å². The fraction of sp³-hybridized carbons (Fsp3) is 0.875. The Labute approximate surface area is 112 Å². The van der Waals surface area contributed by atoms with Crippen LogP contribution in [-0.4, -0.2) is 42.7 Å². The summed E-state index contributed by atoms with van der Waals surface area (Å²) < 4.78 is 44.6. The highest BCUT2D eigenvalue weighted by molar-refractivity contribution is 7.87. The minimum Gasteiger partial charge on any atom is -0.412 e. The molecule has 0 unspecified atom stereocenters. The van der Waals surface area contributed by atoms with Crippen LogP contribution in [0.3, 0.4) is 0 Å². The summed E-state index contributed by atoms with van der Waals surface area (Å²) in [6, 6.07) is 0. The molecule has 0 amide bonds. The molecule has 4 N–H and O–H groups in total. The highest BCUT2D eigenvalue weighted by atomic mass is 32.2. The van der Waals surface area contributed by atoms with Gasteiger partial charge in [0.25, 0.3) is 10.1 Å². The Kier molecular flexibility index (Phi) is 32.6. The fourth-order valence-electron chi connectivity index (χ4n) is 0. The topological polar surface area (TPSA) is 157 Å². The highest BCUT2D eigenvalue weighted by Crippen LogP contribution is 2.07. The van der Waals surface area contributed by atoms with Gasteiger partial charge in [0.2, 0.25) is 0 Å². The van der Waals surface area contributed by atoms with Gasteiger partial charge in [-0.15, -0.1) is 0 Å². The first-order valence-corrected chi connectivity index (χ1v) is 5.59. The Hall–Kier alpha value is -0.680. The van der Waals surface area contributed by atoms with E-state index >= 15 is 0 Å². The van der Waals surface area contributed by atoms with Crippen molar-refractivity contribution in [2.75, 3.05) is 0 Å². The summed E-state index contributed by atoms with van der Waals surface area (Å²) in [6.07, 6.45) is 0. The molecule has 0 atom stereocenters. The molecule has 0 aliphatic rings. The first kappa shape index (κ1) is 36.0. The van der Waals surface area contributed by atoms with Gasteiger partial charge in [0.05, 0.1) is 0 Å². The Balaban J connectivity index is -0.0000000314. The third kappa shape index (κ3) is 45.4. The largest absolute Gasteiger partial charge is 0.412 e. The van der Waals surface area contributed by atoms with Gasteiger partial charge in [-0.2, -0.15) is 16.8 Å². The molecule has 0 aromatic rings. The molecule has 0 saturated carbocycles. The van der Waals surface area contributed by atoms with Crippen LogP contribution in [0.1, 0.15) is 42.5 Å². The van der Waals surface area contributed by atoms with Gasteiger partial charge in [-0.3, -0.25) is 4.55 Å². The van der Waals surface area contributed by atoms with E-state index in [2.05, 4.69) is 0 Å². The Morgan fingerprint density at radius 3 is 1.17 bits per heavy atom. The molecule has 0 aromatic heterocycles. The minimum atomic E-state index is -4.28. The van der Waals surface area contributed by atoms with E-state index in [9.17, 15) is 13.2 Å². The van der Waals surface area contributed by atoms with E-state index in [1.807, 2.05) is 0 Å². The summed E-state index contributed by atoms with van der Waals surface area (Å²) in [5.74, 6) is 0.167. The lowest BCUT2D eigenvalue weighted by Gasteiger charge is -2.10. The van der Waals surface area contributed by atoms with Gasteiger partial charge in [0.15, 0.2) is 4.93 Å². The first-order valence-electron chi connectivity index (χ1n) is 3.48. The SMILES string of the molecule is C.C.CC(C)(O)S(=O)(=O)O.CC(C)=O.O.O=S=O. The van der Waals surface area contributed by atoms with Crippen molar-refractivity contribution in [3.05, 3.63) is 0 Å². The molecule has 0 radical (unpaired) electrons. The molecule has 0 aliphatic carbocycles. The number of carbonyl (C=O) groups excluding carboxylic acids is 1. The number of hydrogen-bond donors (Lipinski definition) is 2. The number of hydrogen-bond acceptors (Lipinski definition) is 6. The minimum absolute atomic E-state index is 0. The van der Waals surface area contributed by atoms with Crippen LogP contribution in [0.25, 0.3) is 0 Å². The number of carbonyl (C=O) groups is 1. The molecule has 0 saturated heterocycles. The highest BCUT2D eigenvalue weighted by Gasteiger charge is 2.28. The standard InChI is InChI=1S/C3H8O4S.C3H6O.2CH4.O2S.H2O/c1-3(2,4)8(5,6)7;1-3(2)4;;;1-3-2;/h4H,1-2H3,(H,5,6,7);1-2H3;2*1H4;;1H2. The van der Waals surface area contributed by atoms with E-state index in [0.29, 0.717) is 0 Å². The number of rotatable bonds is 1. The number of ketones is 1. The molecule has 18 heavy (non-hydrogen) atoms. The van der Waals surface area contributed by atoms with Gasteiger partial charge >= 0.3 is 11.6 Å². The van der Waals surface area contributed by atoms with E-state index < -0.39 is 26.6 Å². The molecule has 10 heteroatoms. The van der Waals surface area contributed by atoms with Gasteiger partial charge in [-0.05, 0) is 27.7 Å². The molecule has 8 nitrogen and oxygen atoms in total. The average Bonchev–Trinajstić information content (AvgIpc) is 1.81. The average molecular weight is 312 g/mol. The van der Waals surface area contributed by atoms with Crippen LogP contribution in [-0.2, 0) is 26.5 Å². The van der Waals surface area contributed by atoms with Gasteiger partial charge in [-0.25, -0.2) is 0 Å². The third-order valence-electron chi connectivity index (χ3n) is 0.631. The zero-order chi connectivity index (χ0) is 13.3. The second-order valence-electron chi connectivity index (χ2n) is 2.90. The Morgan fingerprint density at radius 2 is 1.17 bits per heavy atom. The van der Waals surface area contributed by atoms with E-state index in [-0.39, 0.29) is 26.1 Å². The van der Waals surface area contributed by atoms with E-state index in [1.165, 1.54) is 13.8 Å². The van der Waals surface area contributed by atoms with E-state index in [4.69, 9.17) is 18.1 Å². The number of Topliss-reactive ketones (excluding diaryl/α,β-unsaturated/α-hetero) is 1. The predicted molar refractivity (Wildman–Crippen MR) is 70.2 cm³/mol. The van der Waals surface area contributed by atoms with Gasteiger partial charge < -0.3 is 15.4 Å². The lowest BCUT2D eigenvalue weighted by molar-refractivity contribution is -0.115. The zero-order valence-corrected chi connectivity index (χ0v) is 10.9. The maximum Gasteiger partial charge on any atom is 0.335 e. The van der Waals surface area contributed by atoms with Crippen molar-refractivity contribution in [3.8, 4) is 0 Å². The van der Waals surface area contributed by atoms with Crippen molar-refractivity contribution >= 4 is 27.5 Å². The Morgan fingerprint density at radius 1 is 1.11 bits per heavy atom. The molecule has 0 rings (SSSR count). The van der Waals surface area contributed by atoms with Crippen LogP contribution in [0.4, 0.5) is 0 Å². The summed E-state index contributed by atoms with van der Waals surface area (Å²) in [5.41, 5.74) is 0. The molecule has 0 spiro atoms. The third-order valence-corrected chi connectivity index (χ3v) is 1.89. The molecular formula is C8H24O8S2. The van der Waals surface area contributed by atoms with Gasteiger partial charge in [-0.1, -0.05) is 14.9 Å². The molecular weight excluding hydrogens is 288 g/mol. The van der Waals surface area contributed by atoms with Crippen molar-refractivity contribution in [1.29, 1.82) is 0 Å². The van der Waals surface area contributed by atoms with Crippen LogP contribution < -0.4 is 0 Å². The smallest absolute Gasteiger partial charge is 0.335 e. The monoisotopic (exact) mass is 312 g/mol. The molecule has 0 aromatic carbocycles. The molecule has 116 valence electrons. The van der Waals surface area contributed by atoms with Crippen molar-refractivity contribution < 1.29 is 36.8 Å². The predicted octanol–water partition coefficient (Wildman–Crippen LogP) is -0.0248. The first-order chi connectivity index (χ1) is 6.40. The van der Waals surface area contributed by atoms with E-state index in [0.717, 1.165) is 13.8 Å². The molecule has 0 fully saturated rings. The van der Waals surface area contributed by atoms with Crippen LogP contribution in [0.15, 0.2) is 0 Å². The number of aliphatic hydroxyl groups is 1. The van der Waals surface area contributed by atoms with Crippen molar-refractivity contribution in [3.63, 3.8) is 0 Å². The van der Waals surface area contributed by atoms with Crippen LogP contribution in [0.2, 0.25) is 0 Å². The summed E-state index contributed by atoms with van der Waals surface area (Å²) in [5, 5.41) is 8.52. The van der Waals surface area contributed by atoms with Crippen molar-refractivity contribution in [2.24, 2.45) is 0 Å². The normalized spacial score (nSPS) is 8.33. The molecule has 0 aliphatic heterocycles. The maximum absolute atomic E-state index is 9.96. The summed E-state index contributed by atoms with van der Waals surface area (Å²) >= 11 is -0.750. The summed E-state index contributed by atoms with van der Waals surface area (Å²) in [7, 11) is -4.28. The second kappa shape index (κ2) is 16.3. The summed E-state index contributed by atoms with van der Waals surface area (Å²) in [6.45, 7) is 5.03. The Bertz CT molecular complexity index is 304. The van der Waals surface area contributed by atoms with Crippen LogP contribution in [0.5, 0.6) is 0 Å². The quantitative estimate of drug-likeness (QED) is 0.643. The van der Waals surface area contributed by atoms with Crippen molar-refractivity contribution in [1.82, 2.24) is 0 Å². The lowest BCUT2D eigenvalue weighted by Crippen LogP contribution is -2.30. The van der Waals surface area contributed by atoms with Gasteiger partial charge in [0.1, 0.15) is 5.78 Å². The van der Waals surface area contributed by atoms with E-state index in [1.54, 1.807) is 0 Å². The van der Waals surface area contributed by atoms with Crippen molar-refractivity contribution in [2.45, 2.75) is 47.5 Å². The zero-order valence-electron chi connectivity index (χ0n) is 9.25.